The zero-order valence-electron chi connectivity index (χ0n) is 18.3. The number of nitrogens with zero attached hydrogens (tertiary/aromatic N) is 2. The van der Waals surface area contributed by atoms with Gasteiger partial charge in [-0.05, 0) is 61.9 Å². The Morgan fingerprint density at radius 2 is 1.87 bits per heavy atom. The van der Waals surface area contributed by atoms with Gasteiger partial charge in [0.2, 0.25) is 11.8 Å². The van der Waals surface area contributed by atoms with Crippen LogP contribution >= 0.6 is 11.3 Å². The summed E-state index contributed by atoms with van der Waals surface area (Å²) in [6.45, 7) is 6.41. The Morgan fingerprint density at radius 1 is 1.17 bits per heavy atom. The van der Waals surface area contributed by atoms with E-state index in [1.807, 2.05) is 49.9 Å². The molecule has 1 aromatic carbocycles. The third-order valence-electron chi connectivity index (χ3n) is 5.39. The number of methoxy groups -OCH3 is 2. The van der Waals surface area contributed by atoms with E-state index in [1.54, 1.807) is 23.3 Å². The molecule has 30 heavy (non-hydrogen) atoms. The first-order valence-corrected chi connectivity index (χ1v) is 10.9. The first kappa shape index (κ1) is 22.3. The van der Waals surface area contributed by atoms with Crippen molar-refractivity contribution in [3.8, 4) is 5.75 Å². The molecule has 2 heterocycles. The molecule has 3 rings (SSSR count). The molecule has 1 unspecified atom stereocenters. The number of amides is 2. The van der Waals surface area contributed by atoms with Crippen molar-refractivity contribution >= 4 is 23.2 Å². The van der Waals surface area contributed by atoms with Gasteiger partial charge in [0.05, 0.1) is 13.2 Å². The third kappa shape index (κ3) is 4.68. The predicted molar refractivity (Wildman–Crippen MR) is 118 cm³/mol. The molecular weight excluding hydrogens is 400 g/mol. The number of benzene rings is 1. The molecule has 1 atom stereocenters. The van der Waals surface area contributed by atoms with Gasteiger partial charge in [-0.15, -0.1) is 11.3 Å². The maximum absolute atomic E-state index is 13.5. The van der Waals surface area contributed by atoms with Gasteiger partial charge < -0.3 is 19.3 Å². The van der Waals surface area contributed by atoms with E-state index in [-0.39, 0.29) is 31.0 Å². The average molecular weight is 431 g/mol. The van der Waals surface area contributed by atoms with Gasteiger partial charge in [0.25, 0.3) is 0 Å². The molecule has 2 amide bonds. The van der Waals surface area contributed by atoms with Gasteiger partial charge in [-0.1, -0.05) is 12.1 Å². The Kier molecular flexibility index (Phi) is 6.83. The van der Waals surface area contributed by atoms with Crippen molar-refractivity contribution in [2.24, 2.45) is 0 Å². The van der Waals surface area contributed by atoms with Crippen LogP contribution in [0, 0.1) is 0 Å². The number of hydrogen-bond acceptors (Lipinski definition) is 5. The summed E-state index contributed by atoms with van der Waals surface area (Å²) in [5.74, 6) is 0.529. The minimum absolute atomic E-state index is 0.0256. The van der Waals surface area contributed by atoms with Crippen molar-refractivity contribution in [2.45, 2.75) is 38.8 Å². The fourth-order valence-electron chi connectivity index (χ4n) is 3.86. The lowest BCUT2D eigenvalue weighted by molar-refractivity contribution is -0.148. The maximum atomic E-state index is 13.5. The summed E-state index contributed by atoms with van der Waals surface area (Å²) in [5, 5.41) is 2.08. The molecule has 1 aliphatic rings. The highest BCUT2D eigenvalue weighted by molar-refractivity contribution is 7.10. The summed E-state index contributed by atoms with van der Waals surface area (Å²) in [4.78, 5) is 30.9. The number of fused-ring (bicyclic) bond motifs is 1. The molecule has 0 bridgehead atoms. The minimum atomic E-state index is -0.482. The molecule has 0 saturated heterocycles. The number of ether oxygens (including phenoxy) is 2. The summed E-state index contributed by atoms with van der Waals surface area (Å²) in [7, 11) is 3.13. The lowest BCUT2D eigenvalue weighted by atomic mass is 9.93. The molecule has 6 nitrogen and oxygen atoms in total. The second-order valence-electron chi connectivity index (χ2n) is 8.40. The molecule has 0 saturated carbocycles. The normalized spacial score (nSPS) is 16.2. The summed E-state index contributed by atoms with van der Waals surface area (Å²) in [6.07, 6.45) is 0.826. The quantitative estimate of drug-likeness (QED) is 0.704. The van der Waals surface area contributed by atoms with E-state index in [1.165, 1.54) is 12.0 Å². The minimum Gasteiger partial charge on any atom is -0.497 e. The van der Waals surface area contributed by atoms with Crippen LogP contribution in [0.4, 0.5) is 0 Å². The predicted octanol–water partition coefficient (Wildman–Crippen LogP) is 3.50. The lowest BCUT2D eigenvalue weighted by Gasteiger charge is -2.40. The molecule has 0 aliphatic carbocycles. The van der Waals surface area contributed by atoms with Gasteiger partial charge in [-0.25, -0.2) is 0 Å². The molecule has 1 aromatic heterocycles. The zero-order chi connectivity index (χ0) is 21.9. The molecular formula is C23H30N2O4S. The van der Waals surface area contributed by atoms with Gasteiger partial charge in [0.1, 0.15) is 18.9 Å². The summed E-state index contributed by atoms with van der Waals surface area (Å²) >= 11 is 1.73. The molecule has 0 fully saturated rings. The summed E-state index contributed by atoms with van der Waals surface area (Å²) < 4.78 is 10.3. The van der Waals surface area contributed by atoms with Gasteiger partial charge >= 0.3 is 0 Å². The second-order valence-corrected chi connectivity index (χ2v) is 9.40. The van der Waals surface area contributed by atoms with E-state index < -0.39 is 5.54 Å². The van der Waals surface area contributed by atoms with E-state index in [4.69, 9.17) is 9.47 Å². The van der Waals surface area contributed by atoms with Crippen molar-refractivity contribution in [3.05, 3.63) is 51.7 Å². The van der Waals surface area contributed by atoms with Crippen LogP contribution in [0.25, 0.3) is 0 Å². The number of carbonyl (C=O) groups excluding carboxylic acids is 2. The van der Waals surface area contributed by atoms with Gasteiger partial charge in [0.15, 0.2) is 0 Å². The van der Waals surface area contributed by atoms with E-state index in [2.05, 4.69) is 11.4 Å². The van der Waals surface area contributed by atoms with E-state index in [0.29, 0.717) is 6.54 Å². The van der Waals surface area contributed by atoms with Crippen molar-refractivity contribution < 1.29 is 19.1 Å². The number of thiophene rings is 1. The van der Waals surface area contributed by atoms with Crippen LogP contribution in [0.5, 0.6) is 5.75 Å². The first-order valence-electron chi connectivity index (χ1n) is 10.1. The van der Waals surface area contributed by atoms with Crippen LogP contribution in [-0.2, 0) is 20.7 Å². The zero-order valence-corrected chi connectivity index (χ0v) is 19.1. The highest BCUT2D eigenvalue weighted by Crippen LogP contribution is 2.38. The maximum Gasteiger partial charge on any atom is 0.249 e. The van der Waals surface area contributed by atoms with Crippen molar-refractivity contribution in [1.29, 1.82) is 0 Å². The molecule has 0 spiro atoms. The summed E-state index contributed by atoms with van der Waals surface area (Å²) in [5.41, 5.74) is 1.72. The largest absolute Gasteiger partial charge is 0.497 e. The van der Waals surface area contributed by atoms with Crippen molar-refractivity contribution in [2.75, 3.05) is 33.9 Å². The Bertz CT molecular complexity index is 885. The van der Waals surface area contributed by atoms with Crippen LogP contribution in [0.1, 0.15) is 42.8 Å². The molecule has 1 aliphatic heterocycles. The van der Waals surface area contributed by atoms with Crippen LogP contribution in [0.15, 0.2) is 35.7 Å². The van der Waals surface area contributed by atoms with Gasteiger partial charge in [-0.2, -0.15) is 0 Å². The molecule has 7 heteroatoms. The topological polar surface area (TPSA) is 59.1 Å². The monoisotopic (exact) mass is 430 g/mol. The standard InChI is InChI=1S/C23H30N2O4S/c1-23(2,3)25(21(27)15-28-4)14-20(26)24-12-10-19-18(11-13-30-19)22(24)16-6-8-17(29-5)9-7-16/h6-9,11,13,22H,10,12,14-15H2,1-5H3. The van der Waals surface area contributed by atoms with Crippen LogP contribution in [0.3, 0.4) is 0 Å². The van der Waals surface area contributed by atoms with Crippen LogP contribution in [-0.4, -0.2) is 61.1 Å². The summed E-state index contributed by atoms with van der Waals surface area (Å²) in [6, 6.07) is 9.79. The van der Waals surface area contributed by atoms with Crippen molar-refractivity contribution in [3.63, 3.8) is 0 Å². The van der Waals surface area contributed by atoms with Crippen molar-refractivity contribution in [1.82, 2.24) is 9.80 Å². The number of rotatable bonds is 6. The molecule has 0 N–H and O–H groups in total. The van der Waals surface area contributed by atoms with Crippen LogP contribution < -0.4 is 4.74 Å². The third-order valence-corrected chi connectivity index (χ3v) is 6.39. The smallest absolute Gasteiger partial charge is 0.249 e. The average Bonchev–Trinajstić information content (AvgIpc) is 3.19. The fraction of sp³-hybridized carbons (Fsp3) is 0.478. The van der Waals surface area contributed by atoms with E-state index in [9.17, 15) is 9.59 Å². The fourth-order valence-corrected chi connectivity index (χ4v) is 4.76. The number of hydrogen-bond donors (Lipinski definition) is 0. The van der Waals surface area contributed by atoms with E-state index >= 15 is 0 Å². The highest BCUT2D eigenvalue weighted by Gasteiger charge is 2.36. The number of carbonyl (C=O) groups is 2. The van der Waals surface area contributed by atoms with Crippen LogP contribution in [0.2, 0.25) is 0 Å². The first-order chi connectivity index (χ1) is 14.3. The Morgan fingerprint density at radius 3 is 2.47 bits per heavy atom. The SMILES string of the molecule is COCC(=O)N(CC(=O)N1CCc2sccc2C1c1ccc(OC)cc1)C(C)(C)C. The Balaban J connectivity index is 1.91. The van der Waals surface area contributed by atoms with E-state index in [0.717, 1.165) is 23.3 Å². The molecule has 0 radical (unpaired) electrons. The van der Waals surface area contributed by atoms with Gasteiger partial charge in [-0.3, -0.25) is 9.59 Å². The second kappa shape index (κ2) is 9.18. The van der Waals surface area contributed by atoms with Gasteiger partial charge in [0, 0.05) is 24.1 Å². The molecule has 2 aromatic rings. The molecule has 162 valence electrons. The highest BCUT2D eigenvalue weighted by atomic mass is 32.1. The Labute approximate surface area is 182 Å². The Hall–Kier alpha value is -2.38. The lowest BCUT2D eigenvalue weighted by Crippen LogP contribution is -2.53.